The Kier molecular flexibility index (Phi) is 22.0. The molecule has 0 saturated carbocycles. The van der Waals surface area contributed by atoms with E-state index in [4.69, 9.17) is 5.11 Å². The van der Waals surface area contributed by atoms with Gasteiger partial charge in [-0.2, -0.15) is 0 Å². The van der Waals surface area contributed by atoms with Crippen molar-refractivity contribution < 1.29 is 19.8 Å². The van der Waals surface area contributed by atoms with Gasteiger partial charge in [-0.25, -0.2) is 0 Å². The summed E-state index contributed by atoms with van der Waals surface area (Å²) in [5.41, 5.74) is -0.849. The normalized spacial score (nSPS) is 11.7. The fourth-order valence-electron chi connectivity index (χ4n) is 4.94. The molecule has 0 spiro atoms. The Morgan fingerprint density at radius 1 is 0.485 bits per heavy atom. The number of hydrogen-bond donors (Lipinski definition) is 2. The van der Waals surface area contributed by atoms with Crippen molar-refractivity contribution in [2.24, 2.45) is 5.41 Å². The van der Waals surface area contributed by atoms with Crippen LogP contribution in [-0.4, -0.2) is 22.2 Å². The number of rotatable bonds is 26. The highest BCUT2D eigenvalue weighted by Crippen LogP contribution is 2.37. The molecular formula is C29H56O4. The first-order valence-electron chi connectivity index (χ1n) is 14.4. The lowest BCUT2D eigenvalue weighted by atomic mass is 9.74. The second-order valence-electron chi connectivity index (χ2n) is 10.3. The van der Waals surface area contributed by atoms with Gasteiger partial charge < -0.3 is 10.2 Å². The molecule has 0 aliphatic carbocycles. The number of carbonyl (C=O) groups is 2. The summed E-state index contributed by atoms with van der Waals surface area (Å²) in [6.07, 6.45) is 26.0. The predicted molar refractivity (Wildman–Crippen MR) is 140 cm³/mol. The van der Waals surface area contributed by atoms with Crippen molar-refractivity contribution in [1.82, 2.24) is 0 Å². The van der Waals surface area contributed by atoms with Crippen LogP contribution in [0.4, 0.5) is 0 Å². The number of unbranched alkanes of at least 4 members (excludes halogenated alkanes) is 18. The van der Waals surface area contributed by atoms with Gasteiger partial charge in [-0.3, -0.25) is 9.59 Å². The number of hydrogen-bond acceptors (Lipinski definition) is 2. The van der Waals surface area contributed by atoms with E-state index in [1.165, 1.54) is 103 Å². The summed E-state index contributed by atoms with van der Waals surface area (Å²) >= 11 is 0. The summed E-state index contributed by atoms with van der Waals surface area (Å²) in [5.74, 6) is -1.66. The van der Waals surface area contributed by atoms with Crippen LogP contribution in [0.15, 0.2) is 0 Å². The van der Waals surface area contributed by atoms with Crippen LogP contribution in [0.3, 0.4) is 0 Å². The largest absolute Gasteiger partial charge is 0.481 e. The molecule has 2 N–H and O–H groups in total. The minimum Gasteiger partial charge on any atom is -0.481 e. The molecule has 0 aromatic heterocycles. The summed E-state index contributed by atoms with van der Waals surface area (Å²) in [4.78, 5) is 23.4. The van der Waals surface area contributed by atoms with Crippen LogP contribution in [0.2, 0.25) is 0 Å². The summed E-state index contributed by atoms with van der Waals surface area (Å²) in [5, 5.41) is 19.2. The van der Waals surface area contributed by atoms with Gasteiger partial charge in [-0.05, 0) is 19.3 Å². The molecule has 0 aliphatic rings. The average Bonchev–Trinajstić information content (AvgIpc) is 2.79. The molecule has 196 valence electrons. The van der Waals surface area contributed by atoms with Gasteiger partial charge >= 0.3 is 11.9 Å². The van der Waals surface area contributed by atoms with Crippen molar-refractivity contribution in [2.75, 3.05) is 0 Å². The third-order valence-electron chi connectivity index (χ3n) is 7.29. The van der Waals surface area contributed by atoms with Crippen molar-refractivity contribution in [3.05, 3.63) is 0 Å². The molecule has 0 fully saturated rings. The molecule has 33 heavy (non-hydrogen) atoms. The molecule has 0 unspecified atom stereocenters. The first kappa shape index (κ1) is 31.9. The van der Waals surface area contributed by atoms with Crippen LogP contribution >= 0.6 is 0 Å². The highest BCUT2D eigenvalue weighted by molar-refractivity contribution is 5.76. The van der Waals surface area contributed by atoms with Crippen molar-refractivity contribution in [3.63, 3.8) is 0 Å². The Bertz CT molecular complexity index is 437. The zero-order valence-corrected chi connectivity index (χ0v) is 22.2. The van der Waals surface area contributed by atoms with E-state index in [0.29, 0.717) is 12.8 Å². The molecule has 0 aromatic carbocycles. The molecule has 0 saturated heterocycles. The molecule has 0 aliphatic heterocycles. The highest BCUT2D eigenvalue weighted by Gasteiger charge is 2.37. The van der Waals surface area contributed by atoms with E-state index < -0.39 is 17.4 Å². The van der Waals surface area contributed by atoms with Crippen LogP contribution < -0.4 is 0 Å². The summed E-state index contributed by atoms with van der Waals surface area (Å²) in [6, 6.07) is 0. The van der Waals surface area contributed by atoms with Gasteiger partial charge in [0.15, 0.2) is 0 Å². The lowest BCUT2D eigenvalue weighted by Gasteiger charge is -2.29. The quantitative estimate of drug-likeness (QED) is 0.124. The lowest BCUT2D eigenvalue weighted by Crippen LogP contribution is -2.32. The van der Waals surface area contributed by atoms with Crippen molar-refractivity contribution in [2.45, 2.75) is 168 Å². The van der Waals surface area contributed by atoms with E-state index in [0.717, 1.165) is 25.7 Å². The first-order valence-corrected chi connectivity index (χ1v) is 14.4. The van der Waals surface area contributed by atoms with Gasteiger partial charge in [0.1, 0.15) is 0 Å². The molecule has 0 bridgehead atoms. The summed E-state index contributed by atoms with van der Waals surface area (Å²) in [6.45, 7) is 4.48. The molecule has 0 rings (SSSR count). The molecule has 0 atom stereocenters. The lowest BCUT2D eigenvalue weighted by molar-refractivity contribution is -0.151. The van der Waals surface area contributed by atoms with Gasteiger partial charge in [-0.1, -0.05) is 142 Å². The second kappa shape index (κ2) is 22.7. The van der Waals surface area contributed by atoms with Gasteiger partial charge in [0.2, 0.25) is 0 Å². The van der Waals surface area contributed by atoms with Crippen molar-refractivity contribution >= 4 is 11.9 Å². The maximum absolute atomic E-state index is 12.2. The third-order valence-corrected chi connectivity index (χ3v) is 7.29. The van der Waals surface area contributed by atoms with Crippen LogP contribution in [0.1, 0.15) is 168 Å². The zero-order chi connectivity index (χ0) is 24.6. The molecule has 0 aromatic rings. The standard InChI is InChI=1S/C29H56O4/c1-3-5-7-9-11-13-15-17-19-21-24-29(28(32)33,26-23-27(30)31)25-22-20-18-16-14-12-10-8-6-4-2/h3-26H2,1-2H3,(H,30,31)(H,32,33). The van der Waals surface area contributed by atoms with E-state index in [9.17, 15) is 14.7 Å². The predicted octanol–water partition coefficient (Wildman–Crippen LogP) is 9.54. The van der Waals surface area contributed by atoms with Crippen molar-refractivity contribution in [1.29, 1.82) is 0 Å². The van der Waals surface area contributed by atoms with E-state index in [-0.39, 0.29) is 12.8 Å². The van der Waals surface area contributed by atoms with E-state index >= 15 is 0 Å². The van der Waals surface area contributed by atoms with Crippen LogP contribution in [-0.2, 0) is 9.59 Å². The van der Waals surface area contributed by atoms with E-state index in [1.54, 1.807) is 0 Å². The van der Waals surface area contributed by atoms with Gasteiger partial charge in [0.25, 0.3) is 0 Å². The van der Waals surface area contributed by atoms with Crippen LogP contribution in [0.5, 0.6) is 0 Å². The third kappa shape index (κ3) is 19.0. The van der Waals surface area contributed by atoms with Gasteiger partial charge in [0, 0.05) is 6.42 Å². The Balaban J connectivity index is 4.22. The molecule has 0 radical (unpaired) electrons. The van der Waals surface area contributed by atoms with E-state index in [1.807, 2.05) is 0 Å². The Labute approximate surface area is 205 Å². The molecule has 4 nitrogen and oxygen atoms in total. The monoisotopic (exact) mass is 468 g/mol. The number of aliphatic carboxylic acids is 2. The SMILES string of the molecule is CCCCCCCCCCCCC(CCCCCCCCCCCC)(CCC(=O)O)C(=O)O. The molecule has 0 amide bonds. The van der Waals surface area contributed by atoms with Gasteiger partial charge in [0.05, 0.1) is 5.41 Å². The van der Waals surface area contributed by atoms with Crippen molar-refractivity contribution in [3.8, 4) is 0 Å². The fraction of sp³-hybridized carbons (Fsp3) is 0.931. The summed E-state index contributed by atoms with van der Waals surface area (Å²) in [7, 11) is 0. The number of carboxylic acid groups (broad SMARTS) is 2. The Morgan fingerprint density at radius 2 is 0.788 bits per heavy atom. The minimum atomic E-state index is -0.883. The van der Waals surface area contributed by atoms with E-state index in [2.05, 4.69) is 13.8 Å². The zero-order valence-electron chi connectivity index (χ0n) is 22.2. The van der Waals surface area contributed by atoms with Crippen LogP contribution in [0.25, 0.3) is 0 Å². The fourth-order valence-corrected chi connectivity index (χ4v) is 4.94. The summed E-state index contributed by atoms with van der Waals surface area (Å²) < 4.78 is 0. The molecular weight excluding hydrogens is 412 g/mol. The van der Waals surface area contributed by atoms with Gasteiger partial charge in [-0.15, -0.1) is 0 Å². The second-order valence-corrected chi connectivity index (χ2v) is 10.3. The number of carboxylic acids is 2. The van der Waals surface area contributed by atoms with Crippen LogP contribution in [0, 0.1) is 5.41 Å². The Hall–Kier alpha value is -1.06. The average molecular weight is 469 g/mol. The molecule has 4 heteroatoms. The maximum Gasteiger partial charge on any atom is 0.309 e. The highest BCUT2D eigenvalue weighted by atomic mass is 16.4. The Morgan fingerprint density at radius 3 is 1.06 bits per heavy atom. The minimum absolute atomic E-state index is 0.0399. The smallest absolute Gasteiger partial charge is 0.309 e. The first-order chi connectivity index (χ1) is 16.0. The maximum atomic E-state index is 12.2. The topological polar surface area (TPSA) is 74.6 Å². The molecule has 0 heterocycles.